The summed E-state index contributed by atoms with van der Waals surface area (Å²) >= 11 is 0. The van der Waals surface area contributed by atoms with Crippen molar-refractivity contribution in [3.63, 3.8) is 0 Å². The molecule has 0 unspecified atom stereocenters. The topological polar surface area (TPSA) is 57.2 Å². The number of nitrogens with one attached hydrogen (secondary N) is 1. The number of benzene rings is 1. The number of halogens is 3. The van der Waals surface area contributed by atoms with E-state index in [0.717, 1.165) is 36.6 Å². The molecule has 0 amide bonds. The van der Waals surface area contributed by atoms with Crippen LogP contribution in [0.15, 0.2) is 48.8 Å². The van der Waals surface area contributed by atoms with Gasteiger partial charge in [0.15, 0.2) is 0 Å². The van der Waals surface area contributed by atoms with Crippen molar-refractivity contribution in [3.05, 3.63) is 60.0 Å². The van der Waals surface area contributed by atoms with Gasteiger partial charge in [-0.15, -0.1) is 0 Å². The fourth-order valence-electron chi connectivity index (χ4n) is 4.67. The average Bonchev–Trinajstić information content (AvgIpc) is 3.33. The molecule has 2 bridgehead atoms. The lowest BCUT2D eigenvalue weighted by Crippen LogP contribution is -2.44. The Labute approximate surface area is 184 Å². The van der Waals surface area contributed by atoms with Crippen LogP contribution in [-0.2, 0) is 6.18 Å². The van der Waals surface area contributed by atoms with Gasteiger partial charge >= 0.3 is 6.18 Å². The second kappa shape index (κ2) is 7.74. The van der Waals surface area contributed by atoms with Crippen LogP contribution in [0.4, 0.5) is 30.5 Å². The van der Waals surface area contributed by atoms with Crippen molar-refractivity contribution in [2.75, 3.05) is 30.4 Å². The summed E-state index contributed by atoms with van der Waals surface area (Å²) in [5.41, 5.74) is 3.00. The molecule has 2 saturated heterocycles. The van der Waals surface area contributed by atoms with E-state index in [1.54, 1.807) is 6.07 Å². The Bertz CT molecular complexity index is 1150. The van der Waals surface area contributed by atoms with Gasteiger partial charge in [-0.05, 0) is 62.4 Å². The molecular weight excluding hydrogens is 417 g/mol. The van der Waals surface area contributed by atoms with Gasteiger partial charge in [0.25, 0.3) is 0 Å². The fourth-order valence-corrected chi connectivity index (χ4v) is 4.67. The van der Waals surface area contributed by atoms with Crippen LogP contribution in [0.1, 0.15) is 17.7 Å². The number of rotatable bonds is 4. The van der Waals surface area contributed by atoms with Crippen LogP contribution in [0.5, 0.6) is 0 Å². The third-order valence-electron chi connectivity index (χ3n) is 6.28. The largest absolute Gasteiger partial charge is 0.433 e. The molecular formula is C23H23F3N6. The molecule has 6 nitrogen and oxygen atoms in total. The third-order valence-corrected chi connectivity index (χ3v) is 6.28. The van der Waals surface area contributed by atoms with Crippen LogP contribution in [0.2, 0.25) is 0 Å². The lowest BCUT2D eigenvalue weighted by Gasteiger charge is -2.34. The van der Waals surface area contributed by atoms with Crippen molar-refractivity contribution < 1.29 is 13.2 Å². The van der Waals surface area contributed by atoms with E-state index < -0.39 is 11.9 Å². The minimum Gasteiger partial charge on any atom is -0.365 e. The number of fused-ring (bicyclic) bond motifs is 2. The van der Waals surface area contributed by atoms with E-state index in [9.17, 15) is 13.2 Å². The van der Waals surface area contributed by atoms with Crippen molar-refractivity contribution in [3.8, 4) is 11.3 Å². The zero-order chi connectivity index (χ0) is 22.5. The van der Waals surface area contributed by atoms with Crippen molar-refractivity contribution in [2.24, 2.45) is 0 Å². The maximum atomic E-state index is 13.0. The summed E-state index contributed by atoms with van der Waals surface area (Å²) in [4.78, 5) is 16.9. The lowest BCUT2D eigenvalue weighted by atomic mass is 10.1. The van der Waals surface area contributed by atoms with E-state index in [0.29, 0.717) is 29.3 Å². The Morgan fingerprint density at radius 1 is 1.00 bits per heavy atom. The first kappa shape index (κ1) is 20.7. The van der Waals surface area contributed by atoms with Gasteiger partial charge < -0.3 is 10.2 Å². The van der Waals surface area contributed by atoms with Gasteiger partial charge in [0.2, 0.25) is 5.95 Å². The third kappa shape index (κ3) is 3.88. The molecule has 2 aromatic heterocycles. The van der Waals surface area contributed by atoms with E-state index in [1.165, 1.54) is 24.4 Å². The number of aromatic nitrogens is 3. The SMILES string of the molecule is Cc1cc(Nc2nccc(-c3ccnc(C(F)(F)F)c3)n2)ccc1N1C[C@@H]2C[C@H]1CN2C. The van der Waals surface area contributed by atoms with Crippen LogP contribution in [0.25, 0.3) is 11.3 Å². The summed E-state index contributed by atoms with van der Waals surface area (Å²) in [5.74, 6) is 0.321. The lowest BCUT2D eigenvalue weighted by molar-refractivity contribution is -0.141. The molecule has 2 atom stereocenters. The Hall–Kier alpha value is -3.20. The number of likely N-dealkylation sites (tertiary alicyclic amines) is 1. The van der Waals surface area contributed by atoms with Crippen LogP contribution >= 0.6 is 0 Å². The Morgan fingerprint density at radius 3 is 2.50 bits per heavy atom. The highest BCUT2D eigenvalue weighted by molar-refractivity contribution is 5.66. The van der Waals surface area contributed by atoms with Crippen molar-refractivity contribution in [1.29, 1.82) is 0 Å². The molecule has 0 spiro atoms. The quantitative estimate of drug-likeness (QED) is 0.645. The van der Waals surface area contributed by atoms with E-state index >= 15 is 0 Å². The van der Waals surface area contributed by atoms with Gasteiger partial charge in [-0.1, -0.05) is 0 Å². The molecule has 1 aromatic carbocycles. The first-order valence-electron chi connectivity index (χ1n) is 10.5. The second-order valence-electron chi connectivity index (χ2n) is 8.45. The van der Waals surface area contributed by atoms with Crippen LogP contribution in [-0.4, -0.2) is 52.1 Å². The number of likely N-dealkylation sites (N-methyl/N-ethyl adjacent to an activating group) is 1. The van der Waals surface area contributed by atoms with Gasteiger partial charge in [0.1, 0.15) is 5.69 Å². The summed E-state index contributed by atoms with van der Waals surface area (Å²) in [7, 11) is 2.19. The summed E-state index contributed by atoms with van der Waals surface area (Å²) in [6.07, 6.45) is -0.634. The van der Waals surface area contributed by atoms with Crippen LogP contribution in [0.3, 0.4) is 0 Å². The molecule has 3 aromatic rings. The molecule has 32 heavy (non-hydrogen) atoms. The standard InChI is InChI=1S/C23H23F3N6/c1-14-9-16(3-4-20(14)32-13-17-11-18(32)12-31(17)2)29-22-28-8-6-19(30-22)15-5-7-27-21(10-15)23(24,25)26/h3-10,17-18H,11-13H2,1-2H3,(H,28,29,30)/t17-,18-/m0/s1. The monoisotopic (exact) mass is 440 g/mol. The van der Waals surface area contributed by atoms with Crippen molar-refractivity contribution in [2.45, 2.75) is 31.6 Å². The van der Waals surface area contributed by atoms with Crippen LogP contribution < -0.4 is 10.2 Å². The van der Waals surface area contributed by atoms with Crippen molar-refractivity contribution in [1.82, 2.24) is 19.9 Å². The molecule has 166 valence electrons. The number of hydrogen-bond donors (Lipinski definition) is 1. The molecule has 0 radical (unpaired) electrons. The predicted octanol–water partition coefficient (Wildman–Crippen LogP) is 4.50. The smallest absolute Gasteiger partial charge is 0.365 e. The summed E-state index contributed by atoms with van der Waals surface area (Å²) in [6, 6.07) is 11.4. The Balaban J connectivity index is 1.35. The summed E-state index contributed by atoms with van der Waals surface area (Å²) < 4.78 is 39.0. The van der Waals surface area contributed by atoms with Crippen LogP contribution in [0, 0.1) is 6.92 Å². The average molecular weight is 440 g/mol. The number of hydrogen-bond acceptors (Lipinski definition) is 6. The van der Waals surface area contributed by atoms with E-state index in [1.807, 2.05) is 6.07 Å². The van der Waals surface area contributed by atoms with Crippen molar-refractivity contribution >= 4 is 17.3 Å². The number of alkyl halides is 3. The number of anilines is 3. The minimum atomic E-state index is -4.51. The summed E-state index contributed by atoms with van der Waals surface area (Å²) in [5, 5.41) is 3.17. The Morgan fingerprint density at radius 2 is 1.81 bits per heavy atom. The maximum absolute atomic E-state index is 13.0. The maximum Gasteiger partial charge on any atom is 0.433 e. The molecule has 2 aliphatic heterocycles. The van der Waals surface area contributed by atoms with Gasteiger partial charge in [0.05, 0.1) is 5.69 Å². The molecule has 2 fully saturated rings. The van der Waals surface area contributed by atoms with Gasteiger partial charge in [-0.3, -0.25) is 9.88 Å². The normalized spacial score (nSPS) is 20.7. The number of pyridine rings is 1. The molecule has 0 saturated carbocycles. The molecule has 0 aliphatic carbocycles. The molecule has 2 aliphatic rings. The Kier molecular flexibility index (Phi) is 5.00. The number of piperazine rings is 1. The fraction of sp³-hybridized carbons (Fsp3) is 0.348. The second-order valence-corrected chi connectivity index (χ2v) is 8.45. The highest BCUT2D eigenvalue weighted by atomic mass is 19.4. The summed E-state index contributed by atoms with van der Waals surface area (Å²) in [6.45, 7) is 4.23. The highest BCUT2D eigenvalue weighted by Gasteiger charge is 2.41. The number of nitrogens with zero attached hydrogens (tertiary/aromatic N) is 5. The molecule has 4 heterocycles. The first-order chi connectivity index (χ1) is 15.3. The number of aryl methyl sites for hydroxylation is 1. The van der Waals surface area contributed by atoms with E-state index in [2.05, 4.69) is 56.2 Å². The molecule has 9 heteroatoms. The first-order valence-corrected chi connectivity index (χ1v) is 10.5. The van der Waals surface area contributed by atoms with E-state index in [4.69, 9.17) is 0 Å². The molecule has 1 N–H and O–H groups in total. The van der Waals surface area contributed by atoms with Gasteiger partial charge in [-0.25, -0.2) is 9.97 Å². The van der Waals surface area contributed by atoms with Gasteiger partial charge in [0, 0.05) is 54.5 Å². The minimum absolute atomic E-state index is 0.321. The van der Waals surface area contributed by atoms with Gasteiger partial charge in [-0.2, -0.15) is 13.2 Å². The zero-order valence-corrected chi connectivity index (χ0v) is 17.8. The zero-order valence-electron chi connectivity index (χ0n) is 17.8. The molecule has 5 rings (SSSR count). The predicted molar refractivity (Wildman–Crippen MR) is 117 cm³/mol. The highest BCUT2D eigenvalue weighted by Crippen LogP contribution is 2.36. The van der Waals surface area contributed by atoms with E-state index in [-0.39, 0.29) is 0 Å².